The zero-order chi connectivity index (χ0) is 18.4. The molecule has 148 valence electrons. The van der Waals surface area contributed by atoms with Gasteiger partial charge in [-0.3, -0.25) is 4.79 Å². The van der Waals surface area contributed by atoms with Gasteiger partial charge < -0.3 is 20.5 Å². The molecule has 1 fully saturated rings. The molecule has 5 nitrogen and oxygen atoms in total. The molecule has 1 amide bonds. The van der Waals surface area contributed by atoms with Gasteiger partial charge in [0.25, 0.3) is 0 Å². The van der Waals surface area contributed by atoms with Gasteiger partial charge in [-0.25, -0.2) is 4.39 Å². The number of benzene rings is 1. The lowest BCUT2D eigenvalue weighted by atomic mass is 9.71. The van der Waals surface area contributed by atoms with Crippen LogP contribution in [0.4, 0.5) is 4.39 Å². The van der Waals surface area contributed by atoms with Crippen molar-refractivity contribution >= 4 is 18.3 Å². The lowest BCUT2D eigenvalue weighted by molar-refractivity contribution is -0.124. The molecule has 0 heterocycles. The molecule has 3 N–H and O–H groups in total. The van der Waals surface area contributed by atoms with Gasteiger partial charge >= 0.3 is 0 Å². The van der Waals surface area contributed by atoms with E-state index in [1.54, 1.807) is 13.0 Å². The van der Waals surface area contributed by atoms with Crippen LogP contribution in [0.1, 0.15) is 57.1 Å². The van der Waals surface area contributed by atoms with E-state index in [0.29, 0.717) is 30.0 Å². The summed E-state index contributed by atoms with van der Waals surface area (Å²) in [5.41, 5.74) is 6.21. The number of amides is 1. The molecule has 1 aliphatic carbocycles. The number of carbonyl (C=O) groups is 1. The Kier molecular flexibility index (Phi) is 8.63. The molecule has 2 rings (SSSR count). The normalized spacial score (nSPS) is 17.0. The second-order valence-electron chi connectivity index (χ2n) is 6.96. The first-order valence-corrected chi connectivity index (χ1v) is 8.85. The van der Waals surface area contributed by atoms with Gasteiger partial charge in [0, 0.05) is 18.1 Å². The monoisotopic (exact) mass is 388 g/mol. The summed E-state index contributed by atoms with van der Waals surface area (Å²) in [6.07, 6.45) is 5.79. The van der Waals surface area contributed by atoms with Crippen molar-refractivity contribution in [1.29, 1.82) is 0 Å². The molecule has 7 heteroatoms. The van der Waals surface area contributed by atoms with Gasteiger partial charge in [0.15, 0.2) is 11.5 Å². The minimum Gasteiger partial charge on any atom is -0.493 e. The Bertz CT molecular complexity index is 607. The van der Waals surface area contributed by atoms with E-state index in [-0.39, 0.29) is 23.7 Å². The summed E-state index contributed by atoms with van der Waals surface area (Å²) in [6, 6.07) is 2.38. The Morgan fingerprint density at radius 2 is 1.81 bits per heavy atom. The van der Waals surface area contributed by atoms with Gasteiger partial charge in [0.2, 0.25) is 5.91 Å². The van der Waals surface area contributed by atoms with Crippen LogP contribution in [0.3, 0.4) is 0 Å². The second-order valence-corrected chi connectivity index (χ2v) is 6.96. The van der Waals surface area contributed by atoms with E-state index in [9.17, 15) is 9.18 Å². The first kappa shape index (κ1) is 22.5. The standard InChI is InChI=1S/C19H29FN2O3.ClH/c1-13(14-9-16(24-2)17(25-3)10-15(14)20)22-18(23)11-19(12-21)7-5-4-6-8-19;/h9-10,13H,4-8,11-12,21H2,1-3H3,(H,22,23);1H. The summed E-state index contributed by atoms with van der Waals surface area (Å²) in [5.74, 6) is 0.239. The molecule has 1 atom stereocenters. The van der Waals surface area contributed by atoms with E-state index in [4.69, 9.17) is 15.2 Å². The molecular formula is C19H30ClFN2O3. The molecule has 0 aromatic heterocycles. The molecule has 0 spiro atoms. The van der Waals surface area contributed by atoms with Crippen molar-refractivity contribution < 1.29 is 18.7 Å². The number of nitrogens with one attached hydrogen (secondary N) is 1. The zero-order valence-corrected chi connectivity index (χ0v) is 16.6. The number of rotatable bonds is 7. The van der Waals surface area contributed by atoms with Crippen molar-refractivity contribution in [3.05, 3.63) is 23.5 Å². The molecule has 1 aromatic rings. The predicted molar refractivity (Wildman–Crippen MR) is 102 cm³/mol. The molecule has 0 bridgehead atoms. The predicted octanol–water partition coefficient (Wildman–Crippen LogP) is 3.74. The third-order valence-electron chi connectivity index (χ3n) is 5.23. The maximum atomic E-state index is 14.3. The average molecular weight is 389 g/mol. The Morgan fingerprint density at radius 3 is 2.35 bits per heavy atom. The lowest BCUT2D eigenvalue weighted by Gasteiger charge is -2.36. The van der Waals surface area contributed by atoms with E-state index in [1.165, 1.54) is 26.7 Å². The molecule has 0 saturated heterocycles. The van der Waals surface area contributed by atoms with Crippen molar-refractivity contribution in [1.82, 2.24) is 5.32 Å². The zero-order valence-electron chi connectivity index (χ0n) is 15.8. The number of methoxy groups -OCH3 is 2. The van der Waals surface area contributed by atoms with Crippen LogP contribution in [0.5, 0.6) is 11.5 Å². The average Bonchev–Trinajstić information content (AvgIpc) is 2.61. The minimum atomic E-state index is -0.467. The van der Waals surface area contributed by atoms with Crippen LogP contribution in [-0.4, -0.2) is 26.7 Å². The summed E-state index contributed by atoms with van der Waals surface area (Å²) in [5, 5.41) is 2.90. The summed E-state index contributed by atoms with van der Waals surface area (Å²) < 4.78 is 24.7. The van der Waals surface area contributed by atoms with Crippen LogP contribution < -0.4 is 20.5 Å². The van der Waals surface area contributed by atoms with Gasteiger partial charge in [-0.15, -0.1) is 12.4 Å². The van der Waals surface area contributed by atoms with Gasteiger partial charge in [-0.1, -0.05) is 19.3 Å². The van der Waals surface area contributed by atoms with Gasteiger partial charge in [-0.2, -0.15) is 0 Å². The highest BCUT2D eigenvalue weighted by atomic mass is 35.5. The molecule has 1 saturated carbocycles. The SMILES string of the molecule is COc1cc(F)c(C(C)NC(=O)CC2(CN)CCCCC2)cc1OC.Cl. The van der Waals surface area contributed by atoms with Crippen LogP contribution in [0.2, 0.25) is 0 Å². The highest BCUT2D eigenvalue weighted by Gasteiger charge is 2.33. The van der Waals surface area contributed by atoms with Crippen LogP contribution in [0.25, 0.3) is 0 Å². The van der Waals surface area contributed by atoms with Crippen molar-refractivity contribution in [2.24, 2.45) is 11.1 Å². The molecule has 1 aliphatic rings. The Labute approximate surface area is 161 Å². The number of ether oxygens (including phenoxy) is 2. The van der Waals surface area contributed by atoms with E-state index >= 15 is 0 Å². The third kappa shape index (κ3) is 5.24. The van der Waals surface area contributed by atoms with Crippen molar-refractivity contribution in [2.45, 2.75) is 51.5 Å². The highest BCUT2D eigenvalue weighted by Crippen LogP contribution is 2.38. The van der Waals surface area contributed by atoms with Crippen molar-refractivity contribution in [3.63, 3.8) is 0 Å². The van der Waals surface area contributed by atoms with Crippen LogP contribution in [-0.2, 0) is 4.79 Å². The molecular weight excluding hydrogens is 359 g/mol. The van der Waals surface area contributed by atoms with Crippen molar-refractivity contribution in [3.8, 4) is 11.5 Å². The third-order valence-corrected chi connectivity index (χ3v) is 5.23. The number of nitrogens with two attached hydrogens (primary N) is 1. The Morgan fingerprint density at radius 1 is 1.23 bits per heavy atom. The van der Waals surface area contributed by atoms with Gasteiger partial charge in [0.1, 0.15) is 5.82 Å². The number of hydrogen-bond donors (Lipinski definition) is 2. The van der Waals surface area contributed by atoms with Crippen LogP contribution in [0.15, 0.2) is 12.1 Å². The quantitative estimate of drug-likeness (QED) is 0.746. The van der Waals surface area contributed by atoms with Crippen LogP contribution in [0, 0.1) is 11.2 Å². The van der Waals surface area contributed by atoms with Crippen molar-refractivity contribution in [2.75, 3.05) is 20.8 Å². The van der Waals surface area contributed by atoms with E-state index < -0.39 is 11.9 Å². The molecule has 26 heavy (non-hydrogen) atoms. The maximum absolute atomic E-state index is 14.3. The Hall–Kier alpha value is -1.53. The second kappa shape index (κ2) is 9.97. The van der Waals surface area contributed by atoms with E-state index in [2.05, 4.69) is 5.32 Å². The molecule has 0 aliphatic heterocycles. The van der Waals surface area contributed by atoms with E-state index in [0.717, 1.165) is 25.7 Å². The summed E-state index contributed by atoms with van der Waals surface area (Å²) in [6.45, 7) is 2.28. The van der Waals surface area contributed by atoms with Gasteiger partial charge in [-0.05, 0) is 37.8 Å². The van der Waals surface area contributed by atoms with Crippen LogP contribution >= 0.6 is 12.4 Å². The smallest absolute Gasteiger partial charge is 0.221 e. The first-order chi connectivity index (χ1) is 11.9. The fourth-order valence-electron chi connectivity index (χ4n) is 3.67. The fraction of sp³-hybridized carbons (Fsp3) is 0.632. The fourth-order valence-corrected chi connectivity index (χ4v) is 3.67. The summed E-state index contributed by atoms with van der Waals surface area (Å²) >= 11 is 0. The number of hydrogen-bond acceptors (Lipinski definition) is 4. The summed E-state index contributed by atoms with van der Waals surface area (Å²) in [7, 11) is 2.95. The lowest BCUT2D eigenvalue weighted by Crippen LogP contribution is -2.39. The highest BCUT2D eigenvalue weighted by molar-refractivity contribution is 5.85. The van der Waals surface area contributed by atoms with Gasteiger partial charge in [0.05, 0.1) is 20.3 Å². The maximum Gasteiger partial charge on any atom is 0.221 e. The Balaban J connectivity index is 0.00000338. The number of carbonyl (C=O) groups excluding carboxylic acids is 1. The van der Waals surface area contributed by atoms with E-state index in [1.807, 2.05) is 0 Å². The minimum absolute atomic E-state index is 0. The first-order valence-electron chi connectivity index (χ1n) is 8.85. The molecule has 1 unspecified atom stereocenters. The largest absolute Gasteiger partial charge is 0.493 e. The number of halogens is 2. The molecule has 1 aromatic carbocycles. The molecule has 0 radical (unpaired) electrons. The topological polar surface area (TPSA) is 73.6 Å². The summed E-state index contributed by atoms with van der Waals surface area (Å²) in [4.78, 5) is 12.5.